The Bertz CT molecular complexity index is 869. The molecule has 24 heavy (non-hydrogen) atoms. The molecule has 0 saturated carbocycles. The number of carbonyl (C=O) groups excluding carboxylic acids is 1. The number of nitrogens with zero attached hydrogens (tertiary/aromatic N) is 4. The second-order valence-electron chi connectivity index (χ2n) is 5.39. The Hall–Kier alpha value is -2.53. The molecule has 2 heterocycles. The Morgan fingerprint density at radius 1 is 1.42 bits per heavy atom. The summed E-state index contributed by atoms with van der Waals surface area (Å²) in [6.07, 6.45) is -3.27. The lowest BCUT2D eigenvalue weighted by Gasteiger charge is -2.32. The number of carbonyl (C=O) groups is 1. The van der Waals surface area contributed by atoms with Crippen molar-refractivity contribution in [2.24, 2.45) is 0 Å². The summed E-state index contributed by atoms with van der Waals surface area (Å²) in [4.78, 5) is 13.9. The van der Waals surface area contributed by atoms with E-state index in [0.29, 0.717) is 0 Å². The molecular weight excluding hydrogens is 345 g/mol. The highest BCUT2D eigenvalue weighted by molar-refractivity contribution is 6.31. The number of rotatable bonds is 1. The molecule has 1 aromatic heterocycles. The molecule has 3 rings (SSSR count). The number of aromatic nitrogens is 2. The maximum atomic E-state index is 12.8. The van der Waals surface area contributed by atoms with Crippen LogP contribution in [0.3, 0.4) is 0 Å². The summed E-state index contributed by atoms with van der Waals surface area (Å²) in [7, 11) is 0. The van der Waals surface area contributed by atoms with Crippen LogP contribution in [0.15, 0.2) is 24.4 Å². The number of benzene rings is 1. The van der Waals surface area contributed by atoms with E-state index >= 15 is 0 Å². The van der Waals surface area contributed by atoms with E-state index in [1.807, 2.05) is 6.07 Å². The van der Waals surface area contributed by atoms with Crippen molar-refractivity contribution in [3.05, 3.63) is 46.2 Å². The number of amides is 1. The number of nitriles is 1. The fraction of sp³-hybridized carbons (Fsp3) is 0.267. The predicted octanol–water partition coefficient (Wildman–Crippen LogP) is 3.65. The molecule has 0 aliphatic carbocycles. The number of anilines is 1. The lowest BCUT2D eigenvalue weighted by Crippen LogP contribution is -2.43. The van der Waals surface area contributed by atoms with E-state index in [4.69, 9.17) is 16.9 Å². The van der Waals surface area contributed by atoms with Gasteiger partial charge in [0.2, 0.25) is 0 Å². The van der Waals surface area contributed by atoms with Crippen LogP contribution in [0.5, 0.6) is 0 Å². The molecule has 0 bridgehead atoms. The molecule has 0 fully saturated rings. The molecule has 2 aromatic rings. The molecule has 0 N–H and O–H groups in total. The van der Waals surface area contributed by atoms with Gasteiger partial charge in [0.15, 0.2) is 0 Å². The van der Waals surface area contributed by atoms with Crippen LogP contribution in [0.4, 0.5) is 18.9 Å². The molecule has 1 aliphatic rings. The van der Waals surface area contributed by atoms with Gasteiger partial charge in [-0.15, -0.1) is 0 Å². The van der Waals surface area contributed by atoms with Crippen molar-refractivity contribution in [2.45, 2.75) is 19.1 Å². The Kier molecular flexibility index (Phi) is 3.76. The monoisotopic (exact) mass is 354 g/mol. The summed E-state index contributed by atoms with van der Waals surface area (Å²) in [6.45, 7) is 2.00. The van der Waals surface area contributed by atoms with E-state index in [0.717, 1.165) is 12.1 Å². The van der Waals surface area contributed by atoms with Crippen molar-refractivity contribution in [2.75, 3.05) is 11.4 Å². The molecule has 1 aromatic carbocycles. The highest BCUT2D eigenvalue weighted by atomic mass is 35.5. The molecule has 0 saturated heterocycles. The molecule has 5 nitrogen and oxygen atoms in total. The van der Waals surface area contributed by atoms with Crippen LogP contribution in [-0.2, 0) is 6.18 Å². The first-order valence-electron chi connectivity index (χ1n) is 6.90. The first kappa shape index (κ1) is 16.3. The van der Waals surface area contributed by atoms with Crippen molar-refractivity contribution in [1.29, 1.82) is 5.26 Å². The Balaban J connectivity index is 2.04. The average molecular weight is 355 g/mol. The highest BCUT2D eigenvalue weighted by Crippen LogP contribution is 2.37. The van der Waals surface area contributed by atoms with Gasteiger partial charge in [0.1, 0.15) is 17.3 Å². The molecule has 9 heteroatoms. The van der Waals surface area contributed by atoms with Crippen molar-refractivity contribution >= 4 is 23.2 Å². The lowest BCUT2D eigenvalue weighted by molar-refractivity contribution is -0.137. The number of fused-ring (bicyclic) bond motifs is 1. The van der Waals surface area contributed by atoms with Gasteiger partial charge in [0, 0.05) is 12.2 Å². The Morgan fingerprint density at radius 3 is 2.71 bits per heavy atom. The lowest BCUT2D eigenvalue weighted by atomic mass is 10.1. The van der Waals surface area contributed by atoms with Gasteiger partial charge in [-0.3, -0.25) is 9.48 Å². The van der Waals surface area contributed by atoms with Gasteiger partial charge in [-0.25, -0.2) is 0 Å². The van der Waals surface area contributed by atoms with Gasteiger partial charge in [-0.1, -0.05) is 11.6 Å². The minimum Gasteiger partial charge on any atom is -0.305 e. The minimum absolute atomic E-state index is 0.118. The zero-order valence-electron chi connectivity index (χ0n) is 12.3. The van der Waals surface area contributed by atoms with Gasteiger partial charge in [0.05, 0.1) is 22.8 Å². The molecular formula is C15H10ClF3N4O. The number of hydrogen-bond acceptors (Lipinski definition) is 3. The zero-order chi connectivity index (χ0) is 17.6. The first-order chi connectivity index (χ1) is 11.2. The third-order valence-corrected chi connectivity index (χ3v) is 4.11. The van der Waals surface area contributed by atoms with Gasteiger partial charge >= 0.3 is 6.18 Å². The Labute approximate surface area is 139 Å². The second kappa shape index (κ2) is 5.53. The number of hydrogen-bond donors (Lipinski definition) is 0. The largest absolute Gasteiger partial charge is 0.417 e. The molecule has 1 aliphatic heterocycles. The summed E-state index contributed by atoms with van der Waals surface area (Å²) in [5.74, 6) is -0.502. The van der Waals surface area contributed by atoms with Gasteiger partial charge in [0.25, 0.3) is 5.91 Å². The average Bonchev–Trinajstić information content (AvgIpc) is 2.94. The van der Waals surface area contributed by atoms with Crippen molar-refractivity contribution in [3.63, 3.8) is 0 Å². The van der Waals surface area contributed by atoms with E-state index < -0.39 is 22.7 Å². The topological polar surface area (TPSA) is 61.9 Å². The van der Waals surface area contributed by atoms with E-state index in [1.165, 1.54) is 21.8 Å². The SMILES string of the molecule is C[C@H]1CN(c2ccc(C(F)(F)F)c(Cl)c2)C(=O)c2c(C#N)cnn21. The molecule has 0 spiro atoms. The van der Waals surface area contributed by atoms with E-state index in [1.54, 1.807) is 6.92 Å². The maximum Gasteiger partial charge on any atom is 0.417 e. The van der Waals surface area contributed by atoms with Gasteiger partial charge in [-0.05, 0) is 25.1 Å². The van der Waals surface area contributed by atoms with Gasteiger partial charge < -0.3 is 4.90 Å². The van der Waals surface area contributed by atoms with Crippen LogP contribution in [-0.4, -0.2) is 22.2 Å². The van der Waals surface area contributed by atoms with Crippen LogP contribution in [0.25, 0.3) is 0 Å². The standard InChI is InChI=1S/C15H10ClF3N4O/c1-8-7-22(14(24)13-9(5-20)6-21-23(8)13)10-2-3-11(12(16)4-10)15(17,18)19/h2-4,6,8H,7H2,1H3/t8-/m0/s1. The van der Waals surface area contributed by atoms with E-state index in [9.17, 15) is 18.0 Å². The molecule has 0 unspecified atom stereocenters. The van der Waals surface area contributed by atoms with Crippen molar-refractivity contribution < 1.29 is 18.0 Å². The van der Waals surface area contributed by atoms with Crippen LogP contribution >= 0.6 is 11.6 Å². The quantitative estimate of drug-likeness (QED) is 0.785. The zero-order valence-corrected chi connectivity index (χ0v) is 13.1. The van der Waals surface area contributed by atoms with Crippen molar-refractivity contribution in [1.82, 2.24) is 9.78 Å². The second-order valence-corrected chi connectivity index (χ2v) is 5.80. The fourth-order valence-corrected chi connectivity index (χ4v) is 2.95. The Morgan fingerprint density at radius 2 is 2.12 bits per heavy atom. The summed E-state index contributed by atoms with van der Waals surface area (Å²) in [5, 5.41) is 12.6. The number of halogens is 4. The van der Waals surface area contributed by atoms with Crippen LogP contribution < -0.4 is 4.90 Å². The van der Waals surface area contributed by atoms with Crippen LogP contribution in [0, 0.1) is 11.3 Å². The molecule has 0 radical (unpaired) electrons. The maximum absolute atomic E-state index is 12.8. The van der Waals surface area contributed by atoms with E-state index in [2.05, 4.69) is 5.10 Å². The third kappa shape index (κ3) is 2.51. The summed E-state index contributed by atoms with van der Waals surface area (Å²) >= 11 is 5.73. The normalized spacial score (nSPS) is 17.6. The van der Waals surface area contributed by atoms with E-state index in [-0.39, 0.29) is 29.5 Å². The van der Waals surface area contributed by atoms with Crippen LogP contribution in [0.1, 0.15) is 34.6 Å². The third-order valence-electron chi connectivity index (χ3n) is 3.80. The molecule has 1 amide bonds. The fourth-order valence-electron chi connectivity index (χ4n) is 2.67. The smallest absolute Gasteiger partial charge is 0.305 e. The summed E-state index contributed by atoms with van der Waals surface area (Å²) in [5.41, 5.74) is -0.490. The summed E-state index contributed by atoms with van der Waals surface area (Å²) in [6, 6.07) is 4.79. The van der Waals surface area contributed by atoms with Crippen LogP contribution in [0.2, 0.25) is 5.02 Å². The number of alkyl halides is 3. The van der Waals surface area contributed by atoms with Crippen molar-refractivity contribution in [3.8, 4) is 6.07 Å². The summed E-state index contributed by atoms with van der Waals surface area (Å²) < 4.78 is 39.9. The molecule has 124 valence electrons. The highest BCUT2D eigenvalue weighted by Gasteiger charge is 2.36. The predicted molar refractivity (Wildman–Crippen MR) is 79.8 cm³/mol. The minimum atomic E-state index is -4.57. The van der Waals surface area contributed by atoms with Gasteiger partial charge in [-0.2, -0.15) is 23.5 Å². The first-order valence-corrected chi connectivity index (χ1v) is 7.28. The molecule has 1 atom stereocenters.